The Morgan fingerprint density at radius 2 is 1.12 bits per heavy atom. The minimum absolute atomic E-state index is 0.167. The fraction of sp³-hybridized carbons (Fsp3) is 0.884. The summed E-state index contributed by atoms with van der Waals surface area (Å²) in [6.07, 6.45) is 37.8. The number of nitrogens with one attached hydrogen (secondary N) is 1. The van der Waals surface area contributed by atoms with Crippen LogP contribution in [0, 0.1) is 0 Å². The van der Waals surface area contributed by atoms with Gasteiger partial charge in [-0.2, -0.15) is 0 Å². The van der Waals surface area contributed by atoms with Crippen LogP contribution in [0.2, 0.25) is 0 Å². The molecule has 1 unspecified atom stereocenters. The first-order valence-corrected chi connectivity index (χ1v) is 22.5. The van der Waals surface area contributed by atoms with Crippen LogP contribution in [0.15, 0.2) is 24.3 Å². The molecule has 0 aliphatic heterocycles. The molecule has 0 aromatic rings. The van der Waals surface area contributed by atoms with Crippen LogP contribution in [0.1, 0.15) is 206 Å². The van der Waals surface area contributed by atoms with Crippen molar-refractivity contribution >= 4 is 13.7 Å². The quantitative estimate of drug-likeness (QED) is 0.0279. The van der Waals surface area contributed by atoms with Gasteiger partial charge in [-0.25, -0.2) is 0 Å². The van der Waals surface area contributed by atoms with Gasteiger partial charge in [0.25, 0.3) is 7.82 Å². The van der Waals surface area contributed by atoms with E-state index in [1.165, 1.54) is 115 Å². The van der Waals surface area contributed by atoms with E-state index < -0.39 is 71.0 Å². The number of nitrogens with zero attached hydrogens (tertiary/aromatic N) is 1. The molecule has 0 aromatic heterocycles. The van der Waals surface area contributed by atoms with Gasteiger partial charge in [0, 0.05) is 6.42 Å². The predicted octanol–water partition coefficient (Wildman–Crippen LogP) is 11.1. The average Bonchev–Trinajstić information content (AvgIpc) is 3.16. The lowest BCUT2D eigenvalue weighted by Gasteiger charge is -2.29. The molecule has 0 rings (SSSR count). The molecule has 0 aliphatic carbocycles. The number of carbonyl (C=O) groups is 1. The van der Waals surface area contributed by atoms with E-state index in [4.69, 9.17) is 21.4 Å². The first kappa shape index (κ1) is 36.6. The summed E-state index contributed by atoms with van der Waals surface area (Å²) >= 11 is 0. The van der Waals surface area contributed by atoms with E-state index in [-0.39, 0.29) is 6.42 Å². The molecule has 2 N–H and O–H groups in total. The smallest absolute Gasteiger partial charge is 0.268 e. The zero-order chi connectivity index (χ0) is 46.1. The fourth-order valence-electron chi connectivity index (χ4n) is 6.01. The van der Waals surface area contributed by atoms with Gasteiger partial charge < -0.3 is 28.8 Å². The summed E-state index contributed by atoms with van der Waals surface area (Å²) in [7, 11) is -5.29. The van der Waals surface area contributed by atoms with Crippen LogP contribution < -0.4 is 10.2 Å². The Bertz CT molecular complexity index is 1170. The van der Waals surface area contributed by atoms with Gasteiger partial charge in [-0.1, -0.05) is 167 Å². The van der Waals surface area contributed by atoms with E-state index in [1.807, 2.05) is 0 Å². The Balaban J connectivity index is 5.04. The normalized spacial score (nSPS) is 18.0. The summed E-state index contributed by atoms with van der Waals surface area (Å²) in [4.78, 5) is 25.7. The highest BCUT2D eigenvalue weighted by Gasteiger charge is 2.23. The number of rotatable bonds is 39. The maximum Gasteiger partial charge on any atom is 0.268 e. The molecule has 52 heavy (non-hydrogen) atoms. The molecule has 0 spiro atoms. The second kappa shape index (κ2) is 35.7. The molecular formula is C43H85N2O6P. The monoisotopic (exact) mass is 766 g/mol. The maximum absolute atomic E-state index is 12.9. The number of likely N-dealkylation sites (N-methyl/N-ethyl adjacent to an activating group) is 1. The number of allylic oxidation sites excluding steroid dienone is 3. The number of carbonyl (C=O) groups excluding carboxylic acids is 1. The highest BCUT2D eigenvalue weighted by atomic mass is 31.2. The Morgan fingerprint density at radius 1 is 0.692 bits per heavy atom. The number of unbranched alkanes of at least 4 members (excludes halogenated alkanes) is 24. The van der Waals surface area contributed by atoms with Crippen LogP contribution >= 0.6 is 7.82 Å². The minimum Gasteiger partial charge on any atom is -0.756 e. The predicted molar refractivity (Wildman–Crippen MR) is 219 cm³/mol. The second-order valence-electron chi connectivity index (χ2n) is 14.6. The van der Waals surface area contributed by atoms with Crippen molar-refractivity contribution in [2.24, 2.45) is 0 Å². The van der Waals surface area contributed by atoms with E-state index in [0.29, 0.717) is 12.8 Å². The SMILES string of the molecule is [2H]C([2H])([2H])[N+](CCOP(=O)([O-])OC[C@H](NC(=O)CCCCCCCCC/C=C/CCCCCCCC)[C@H](O)/C=C/CCCCCCCCCCCCC)(C([2H])([2H])[2H])C([2H])([2H])[2H]. The average molecular weight is 766 g/mol. The second-order valence-corrected chi connectivity index (χ2v) is 16.0. The third-order valence-corrected chi connectivity index (χ3v) is 10.3. The molecular weight excluding hydrogens is 671 g/mol. The van der Waals surface area contributed by atoms with Crippen LogP contribution in [0.3, 0.4) is 0 Å². The number of aliphatic hydroxyl groups is 1. The summed E-state index contributed by atoms with van der Waals surface area (Å²) in [6, 6.07) is -1.19. The van der Waals surface area contributed by atoms with E-state index in [0.717, 1.165) is 51.4 Å². The standard InChI is InChI=1S/C43H85N2O6P/c1-6-8-10-12-14-16-18-20-21-22-23-25-27-29-31-33-35-37-43(47)44-41(40-51-52(48,49)50-39-38-45(3,4)5)42(46)36-34-32-30-28-26-24-19-17-15-13-11-9-7-2/h20-21,34,36,41-42,46H,6-19,22-33,35,37-40H2,1-5H3,(H-,44,47,48,49)/b21-20+,36-34+/t41-,42+/m0/s1/i3D3,4D3,5D3. The first-order chi connectivity index (χ1) is 28.8. The van der Waals surface area contributed by atoms with Crippen LogP contribution in [0.25, 0.3) is 0 Å². The van der Waals surface area contributed by atoms with E-state index in [9.17, 15) is 19.4 Å². The van der Waals surface area contributed by atoms with E-state index in [2.05, 4.69) is 31.3 Å². The van der Waals surface area contributed by atoms with Gasteiger partial charge in [-0.05, 0) is 44.9 Å². The van der Waals surface area contributed by atoms with Gasteiger partial charge in [-0.3, -0.25) is 9.36 Å². The lowest BCUT2D eigenvalue weighted by molar-refractivity contribution is -0.870. The molecule has 308 valence electrons. The Kier molecular flexibility index (Phi) is 25.1. The molecule has 0 radical (unpaired) electrons. The summed E-state index contributed by atoms with van der Waals surface area (Å²) in [6.45, 7) is -9.34. The van der Waals surface area contributed by atoms with Gasteiger partial charge >= 0.3 is 0 Å². The van der Waals surface area contributed by atoms with Crippen molar-refractivity contribution in [3.8, 4) is 0 Å². The minimum atomic E-state index is -5.29. The molecule has 0 saturated heterocycles. The molecule has 0 aliphatic rings. The third-order valence-electron chi connectivity index (χ3n) is 9.32. The van der Waals surface area contributed by atoms with Crippen molar-refractivity contribution in [1.29, 1.82) is 0 Å². The number of phosphoric ester groups is 1. The molecule has 9 heteroatoms. The van der Waals surface area contributed by atoms with Gasteiger partial charge in [0.05, 0.1) is 52.0 Å². The number of phosphoric acid groups is 1. The number of amides is 1. The maximum atomic E-state index is 12.9. The Hall–Kier alpha value is -1.02. The van der Waals surface area contributed by atoms with Crippen LogP contribution in [0.4, 0.5) is 0 Å². The third kappa shape index (κ3) is 37.3. The summed E-state index contributed by atoms with van der Waals surface area (Å²) in [5, 5.41) is 13.7. The summed E-state index contributed by atoms with van der Waals surface area (Å²) < 4.78 is 89.5. The van der Waals surface area contributed by atoms with Gasteiger partial charge in [0.1, 0.15) is 13.2 Å². The van der Waals surface area contributed by atoms with Crippen LogP contribution in [-0.2, 0) is 18.4 Å². The largest absolute Gasteiger partial charge is 0.756 e. The van der Waals surface area contributed by atoms with Gasteiger partial charge in [0.15, 0.2) is 0 Å². The fourth-order valence-corrected chi connectivity index (χ4v) is 6.73. The van der Waals surface area contributed by atoms with E-state index >= 15 is 0 Å². The highest BCUT2D eigenvalue weighted by Crippen LogP contribution is 2.38. The topological polar surface area (TPSA) is 108 Å². The zero-order valence-electron chi connectivity index (χ0n) is 42.3. The van der Waals surface area contributed by atoms with Crippen molar-refractivity contribution in [2.45, 2.75) is 206 Å². The summed E-state index contributed by atoms with van der Waals surface area (Å²) in [5.74, 6) is -0.393. The van der Waals surface area contributed by atoms with Crippen molar-refractivity contribution in [3.63, 3.8) is 0 Å². The zero-order valence-corrected chi connectivity index (χ0v) is 34.2. The lowest BCUT2D eigenvalue weighted by Crippen LogP contribution is -2.45. The van der Waals surface area contributed by atoms with Crippen molar-refractivity contribution in [1.82, 2.24) is 5.32 Å². The molecule has 8 nitrogen and oxygen atoms in total. The highest BCUT2D eigenvalue weighted by molar-refractivity contribution is 7.45. The van der Waals surface area contributed by atoms with Gasteiger partial charge in [0.2, 0.25) is 5.91 Å². The molecule has 3 atom stereocenters. The molecule has 0 saturated carbocycles. The summed E-state index contributed by atoms with van der Waals surface area (Å²) in [5.41, 5.74) is 0. The first-order valence-electron chi connectivity index (χ1n) is 25.5. The van der Waals surface area contributed by atoms with Gasteiger partial charge in [-0.15, -0.1) is 0 Å². The van der Waals surface area contributed by atoms with Crippen molar-refractivity contribution < 1.29 is 45.2 Å². The van der Waals surface area contributed by atoms with Crippen LogP contribution in [0.5, 0.6) is 0 Å². The molecule has 1 amide bonds. The number of hydrogen-bond donors (Lipinski definition) is 2. The molecule has 0 bridgehead atoms. The Morgan fingerprint density at radius 3 is 1.58 bits per heavy atom. The van der Waals surface area contributed by atoms with Crippen LogP contribution in [-0.4, -0.2) is 68.3 Å². The lowest BCUT2D eigenvalue weighted by atomic mass is 10.0. The number of hydrogen-bond acceptors (Lipinski definition) is 6. The van der Waals surface area contributed by atoms with Crippen molar-refractivity contribution in [3.05, 3.63) is 24.3 Å². The number of quaternary nitrogens is 1. The Labute approximate surface area is 334 Å². The molecule has 0 fully saturated rings. The number of aliphatic hydroxyl groups excluding tert-OH is 1. The van der Waals surface area contributed by atoms with Crippen molar-refractivity contribution in [2.75, 3.05) is 40.7 Å². The molecule has 0 heterocycles. The van der Waals surface area contributed by atoms with E-state index in [1.54, 1.807) is 6.08 Å². The molecule has 0 aromatic carbocycles.